The summed E-state index contributed by atoms with van der Waals surface area (Å²) >= 11 is 0. The van der Waals surface area contributed by atoms with Crippen molar-refractivity contribution in [3.8, 4) is 0 Å². The van der Waals surface area contributed by atoms with Crippen molar-refractivity contribution in [1.29, 1.82) is 0 Å². The van der Waals surface area contributed by atoms with E-state index in [1.165, 1.54) is 17.5 Å². The van der Waals surface area contributed by atoms with E-state index in [0.29, 0.717) is 5.92 Å². The summed E-state index contributed by atoms with van der Waals surface area (Å²) in [6.45, 7) is 3.22. The van der Waals surface area contributed by atoms with Gasteiger partial charge in [-0.15, -0.1) is 0 Å². The van der Waals surface area contributed by atoms with Crippen molar-refractivity contribution in [2.24, 2.45) is 0 Å². The van der Waals surface area contributed by atoms with Crippen LogP contribution in [0, 0.1) is 0 Å². The number of H-pyrrole nitrogens is 1. The summed E-state index contributed by atoms with van der Waals surface area (Å²) < 4.78 is 1.98. The molecule has 2 heterocycles. The molecule has 0 saturated carbocycles. The van der Waals surface area contributed by atoms with Crippen LogP contribution in [0.2, 0.25) is 0 Å². The number of aromatic amines is 1. The molecule has 164 valence electrons. The highest BCUT2D eigenvalue weighted by molar-refractivity contribution is 5.75. The molecule has 0 aliphatic carbocycles. The number of nitrogens with zero attached hydrogens (tertiary/aromatic N) is 2. The molecule has 0 bridgehead atoms. The molecule has 3 aromatic carbocycles. The normalized spacial score (nSPS) is 15.5. The molecule has 0 spiro atoms. The van der Waals surface area contributed by atoms with Crippen LogP contribution in [-0.2, 0) is 0 Å². The van der Waals surface area contributed by atoms with Gasteiger partial charge in [-0.25, -0.2) is 4.79 Å². The maximum Gasteiger partial charge on any atom is 0.326 e. The first kappa shape index (κ1) is 20.8. The van der Waals surface area contributed by atoms with Gasteiger partial charge in [0.2, 0.25) is 0 Å². The lowest BCUT2D eigenvalue weighted by Gasteiger charge is -2.32. The third-order valence-corrected chi connectivity index (χ3v) is 6.92. The Morgan fingerprint density at radius 3 is 2.06 bits per heavy atom. The third kappa shape index (κ3) is 4.42. The molecule has 4 nitrogen and oxygen atoms in total. The minimum Gasteiger partial charge on any atom is -0.306 e. The number of piperidine rings is 1. The Morgan fingerprint density at radius 1 is 0.812 bits per heavy atom. The zero-order chi connectivity index (χ0) is 21.8. The minimum atomic E-state index is 0.0261. The monoisotopic (exact) mass is 425 g/mol. The molecule has 1 saturated heterocycles. The van der Waals surface area contributed by atoms with Crippen molar-refractivity contribution >= 4 is 11.0 Å². The summed E-state index contributed by atoms with van der Waals surface area (Å²) in [6, 6.07) is 30.1. The van der Waals surface area contributed by atoms with Crippen molar-refractivity contribution in [2.45, 2.75) is 37.6 Å². The Balaban J connectivity index is 1.19. The Hall–Kier alpha value is -3.11. The van der Waals surface area contributed by atoms with Crippen LogP contribution in [0.3, 0.4) is 0 Å². The lowest BCUT2D eigenvalue weighted by Crippen LogP contribution is -2.37. The van der Waals surface area contributed by atoms with Gasteiger partial charge in [0.05, 0.1) is 11.0 Å². The fraction of sp³-hybridized carbons (Fsp3) is 0.321. The van der Waals surface area contributed by atoms with E-state index in [2.05, 4.69) is 70.5 Å². The smallest absolute Gasteiger partial charge is 0.306 e. The van der Waals surface area contributed by atoms with Gasteiger partial charge in [0.15, 0.2) is 0 Å². The number of rotatable bonds is 7. The molecule has 0 amide bonds. The molecule has 4 aromatic rings. The van der Waals surface area contributed by atoms with E-state index in [-0.39, 0.29) is 11.7 Å². The average Bonchev–Trinajstić information content (AvgIpc) is 3.19. The van der Waals surface area contributed by atoms with Gasteiger partial charge in [0.25, 0.3) is 0 Å². The second kappa shape index (κ2) is 9.58. The minimum absolute atomic E-state index is 0.0261. The summed E-state index contributed by atoms with van der Waals surface area (Å²) in [7, 11) is 0. The second-order valence-corrected chi connectivity index (χ2v) is 8.91. The zero-order valence-corrected chi connectivity index (χ0v) is 18.5. The highest BCUT2D eigenvalue weighted by Crippen LogP contribution is 2.30. The molecule has 0 unspecified atom stereocenters. The summed E-state index contributed by atoms with van der Waals surface area (Å²) in [6.07, 6.45) is 4.38. The number of hydrogen-bond acceptors (Lipinski definition) is 2. The largest absolute Gasteiger partial charge is 0.326 e. The van der Waals surface area contributed by atoms with E-state index in [0.717, 1.165) is 49.9 Å². The fourth-order valence-corrected chi connectivity index (χ4v) is 5.25. The van der Waals surface area contributed by atoms with Gasteiger partial charge < -0.3 is 9.88 Å². The van der Waals surface area contributed by atoms with Crippen molar-refractivity contribution in [1.82, 2.24) is 14.5 Å². The topological polar surface area (TPSA) is 41.0 Å². The first-order chi connectivity index (χ1) is 15.8. The van der Waals surface area contributed by atoms with Gasteiger partial charge >= 0.3 is 5.69 Å². The van der Waals surface area contributed by atoms with E-state index >= 15 is 0 Å². The van der Waals surface area contributed by atoms with Crippen LogP contribution in [0.5, 0.6) is 0 Å². The van der Waals surface area contributed by atoms with Gasteiger partial charge in [0, 0.05) is 25.0 Å². The SMILES string of the molecule is O=c1[nH]c2ccccc2n1C1CCN(CCCC(c2ccccc2)c2ccccc2)CC1. The van der Waals surface area contributed by atoms with Crippen molar-refractivity contribution in [3.63, 3.8) is 0 Å². The molecule has 1 aliphatic heterocycles. The average molecular weight is 426 g/mol. The molecule has 0 atom stereocenters. The van der Waals surface area contributed by atoms with E-state index in [9.17, 15) is 4.79 Å². The number of fused-ring (bicyclic) bond motifs is 1. The number of benzene rings is 3. The van der Waals surface area contributed by atoms with Crippen LogP contribution >= 0.6 is 0 Å². The molecule has 1 N–H and O–H groups in total. The van der Waals surface area contributed by atoms with Gasteiger partial charge in [-0.1, -0.05) is 72.8 Å². The number of imidazole rings is 1. The first-order valence-corrected chi connectivity index (χ1v) is 11.8. The highest BCUT2D eigenvalue weighted by atomic mass is 16.1. The third-order valence-electron chi connectivity index (χ3n) is 6.92. The van der Waals surface area contributed by atoms with Crippen molar-refractivity contribution < 1.29 is 0 Å². The molecule has 1 aliphatic rings. The molecule has 4 heteroatoms. The lowest BCUT2D eigenvalue weighted by atomic mass is 9.87. The first-order valence-electron chi connectivity index (χ1n) is 11.8. The van der Waals surface area contributed by atoms with Crippen LogP contribution < -0.4 is 5.69 Å². The van der Waals surface area contributed by atoms with Crippen LogP contribution in [-0.4, -0.2) is 34.1 Å². The number of hydrogen-bond donors (Lipinski definition) is 1. The quantitative estimate of drug-likeness (QED) is 0.420. The fourth-order valence-electron chi connectivity index (χ4n) is 5.25. The number of para-hydroxylation sites is 2. The predicted molar refractivity (Wildman–Crippen MR) is 131 cm³/mol. The Morgan fingerprint density at radius 2 is 1.41 bits per heavy atom. The van der Waals surface area contributed by atoms with Crippen LogP contribution in [0.1, 0.15) is 48.8 Å². The van der Waals surface area contributed by atoms with E-state index < -0.39 is 0 Å². The van der Waals surface area contributed by atoms with Gasteiger partial charge in [-0.3, -0.25) is 4.57 Å². The summed E-state index contributed by atoms with van der Waals surface area (Å²) in [5.74, 6) is 0.444. The van der Waals surface area contributed by atoms with Crippen LogP contribution in [0.4, 0.5) is 0 Å². The Kier molecular flexibility index (Phi) is 6.22. The maximum absolute atomic E-state index is 12.5. The van der Waals surface area contributed by atoms with Crippen LogP contribution in [0.25, 0.3) is 11.0 Å². The summed E-state index contributed by atoms with van der Waals surface area (Å²) in [5, 5.41) is 0. The standard InChI is InChI=1S/C28H31N3O/c32-28-29-26-15-7-8-16-27(26)31(28)24-17-20-30(21-18-24)19-9-14-25(22-10-3-1-4-11-22)23-12-5-2-6-13-23/h1-8,10-13,15-16,24-25H,9,14,17-21H2,(H,29,32). The summed E-state index contributed by atoms with van der Waals surface area (Å²) in [4.78, 5) is 18.1. The highest BCUT2D eigenvalue weighted by Gasteiger charge is 2.23. The van der Waals surface area contributed by atoms with Gasteiger partial charge in [-0.05, 0) is 55.5 Å². The Bertz CT molecular complexity index is 1150. The number of aromatic nitrogens is 2. The molecule has 1 aromatic heterocycles. The number of nitrogens with one attached hydrogen (secondary N) is 1. The van der Waals surface area contributed by atoms with E-state index in [1.807, 2.05) is 28.8 Å². The molecule has 32 heavy (non-hydrogen) atoms. The molecule has 1 fully saturated rings. The van der Waals surface area contributed by atoms with Crippen molar-refractivity contribution in [3.05, 3.63) is 107 Å². The van der Waals surface area contributed by atoms with Crippen LogP contribution in [0.15, 0.2) is 89.7 Å². The summed E-state index contributed by atoms with van der Waals surface area (Å²) in [5.41, 5.74) is 4.79. The molecule has 0 radical (unpaired) electrons. The zero-order valence-electron chi connectivity index (χ0n) is 18.5. The molecule has 5 rings (SSSR count). The van der Waals surface area contributed by atoms with Gasteiger partial charge in [-0.2, -0.15) is 0 Å². The lowest BCUT2D eigenvalue weighted by molar-refractivity contribution is 0.183. The van der Waals surface area contributed by atoms with Gasteiger partial charge in [0.1, 0.15) is 0 Å². The molecular weight excluding hydrogens is 394 g/mol. The number of likely N-dealkylation sites (tertiary alicyclic amines) is 1. The van der Waals surface area contributed by atoms with E-state index in [1.54, 1.807) is 0 Å². The Labute approximate surface area is 189 Å². The van der Waals surface area contributed by atoms with E-state index in [4.69, 9.17) is 0 Å². The molecular formula is C28H31N3O. The second-order valence-electron chi connectivity index (χ2n) is 8.91. The predicted octanol–water partition coefficient (Wildman–Crippen LogP) is 5.58. The maximum atomic E-state index is 12.5. The van der Waals surface area contributed by atoms with Crippen molar-refractivity contribution in [2.75, 3.05) is 19.6 Å².